The van der Waals surface area contributed by atoms with E-state index in [1.165, 1.54) is 0 Å². The van der Waals surface area contributed by atoms with Gasteiger partial charge in [-0.3, -0.25) is 4.68 Å². The average Bonchev–Trinajstić information content (AvgIpc) is 2.61. The molecule has 2 rings (SSSR count). The Bertz CT molecular complexity index is 578. The van der Waals surface area contributed by atoms with Crippen LogP contribution in [0.1, 0.15) is 12.6 Å². The van der Waals surface area contributed by atoms with Gasteiger partial charge >= 0.3 is 0 Å². The molecule has 6 heteroatoms. The fraction of sp³-hybridized carbons (Fsp3) is 0.250. The van der Waals surface area contributed by atoms with Crippen molar-refractivity contribution in [1.82, 2.24) is 9.78 Å². The number of benzene rings is 1. The SMILES string of the molecule is CCc1nn(C)c(Nc2cc(Cl)ccc2Cl)c1N. The molecule has 0 atom stereocenters. The molecule has 0 saturated heterocycles. The lowest BCUT2D eigenvalue weighted by Crippen LogP contribution is -2.01. The summed E-state index contributed by atoms with van der Waals surface area (Å²) in [5, 5.41) is 8.68. The molecule has 0 radical (unpaired) electrons. The Morgan fingerprint density at radius 2 is 2.11 bits per heavy atom. The number of aromatic nitrogens is 2. The number of anilines is 3. The van der Waals surface area contributed by atoms with Gasteiger partial charge in [0.2, 0.25) is 0 Å². The first kappa shape index (κ1) is 13.1. The Labute approximate surface area is 116 Å². The Morgan fingerprint density at radius 1 is 1.39 bits per heavy atom. The van der Waals surface area contributed by atoms with Crippen molar-refractivity contribution in [3.8, 4) is 0 Å². The van der Waals surface area contributed by atoms with Crippen LogP contribution in [0.25, 0.3) is 0 Å². The molecule has 0 amide bonds. The smallest absolute Gasteiger partial charge is 0.152 e. The van der Waals surface area contributed by atoms with Gasteiger partial charge in [-0.05, 0) is 24.6 Å². The molecular formula is C12H14Cl2N4. The largest absolute Gasteiger partial charge is 0.394 e. The molecule has 0 unspecified atom stereocenters. The normalized spacial score (nSPS) is 10.7. The molecule has 96 valence electrons. The summed E-state index contributed by atoms with van der Waals surface area (Å²) >= 11 is 12.0. The molecule has 2 aromatic rings. The second kappa shape index (κ2) is 5.08. The van der Waals surface area contributed by atoms with E-state index in [-0.39, 0.29) is 0 Å². The van der Waals surface area contributed by atoms with Gasteiger partial charge in [-0.1, -0.05) is 30.1 Å². The predicted molar refractivity (Wildman–Crippen MR) is 76.7 cm³/mol. The predicted octanol–water partition coefficient (Wildman–Crippen LogP) is 3.62. The molecule has 1 heterocycles. The van der Waals surface area contributed by atoms with Gasteiger partial charge < -0.3 is 11.1 Å². The molecule has 0 fully saturated rings. The van der Waals surface area contributed by atoms with E-state index >= 15 is 0 Å². The Balaban J connectivity index is 2.39. The first-order valence-corrected chi connectivity index (χ1v) is 6.32. The third-order valence-electron chi connectivity index (χ3n) is 2.68. The Kier molecular flexibility index (Phi) is 3.68. The van der Waals surface area contributed by atoms with Crippen molar-refractivity contribution in [2.24, 2.45) is 7.05 Å². The van der Waals surface area contributed by atoms with Crippen molar-refractivity contribution in [1.29, 1.82) is 0 Å². The zero-order valence-electron chi connectivity index (χ0n) is 10.2. The van der Waals surface area contributed by atoms with E-state index in [9.17, 15) is 0 Å². The number of hydrogen-bond donors (Lipinski definition) is 2. The summed E-state index contributed by atoms with van der Waals surface area (Å²) in [6.07, 6.45) is 0.782. The van der Waals surface area contributed by atoms with E-state index in [2.05, 4.69) is 10.4 Å². The molecule has 1 aromatic heterocycles. The van der Waals surface area contributed by atoms with Crippen LogP contribution in [0.3, 0.4) is 0 Å². The number of nitrogen functional groups attached to an aromatic ring is 1. The van der Waals surface area contributed by atoms with Gasteiger partial charge in [-0.25, -0.2) is 0 Å². The van der Waals surface area contributed by atoms with Crippen LogP contribution >= 0.6 is 23.2 Å². The number of hydrogen-bond acceptors (Lipinski definition) is 3. The Hall–Kier alpha value is -1.39. The summed E-state index contributed by atoms with van der Waals surface area (Å²) in [5.74, 6) is 0.719. The summed E-state index contributed by atoms with van der Waals surface area (Å²) < 4.78 is 1.70. The summed E-state index contributed by atoms with van der Waals surface area (Å²) in [6.45, 7) is 2.01. The highest BCUT2D eigenvalue weighted by molar-refractivity contribution is 6.35. The van der Waals surface area contributed by atoms with Crippen LogP contribution in [-0.4, -0.2) is 9.78 Å². The zero-order valence-corrected chi connectivity index (χ0v) is 11.7. The fourth-order valence-electron chi connectivity index (χ4n) is 1.73. The molecule has 0 spiro atoms. The van der Waals surface area contributed by atoms with E-state index in [4.69, 9.17) is 28.9 Å². The van der Waals surface area contributed by atoms with Crippen LogP contribution < -0.4 is 11.1 Å². The third kappa shape index (κ3) is 2.40. The van der Waals surface area contributed by atoms with Gasteiger partial charge in [0, 0.05) is 12.1 Å². The van der Waals surface area contributed by atoms with Crippen LogP contribution in [0, 0.1) is 0 Å². The summed E-state index contributed by atoms with van der Waals surface area (Å²) in [7, 11) is 1.83. The number of aryl methyl sites for hydroxylation is 2. The fourth-order valence-corrected chi connectivity index (χ4v) is 2.06. The highest BCUT2D eigenvalue weighted by Crippen LogP contribution is 2.31. The highest BCUT2D eigenvalue weighted by Gasteiger charge is 2.13. The average molecular weight is 285 g/mol. The minimum atomic E-state index is 0.582. The standard InChI is InChI=1S/C12H14Cl2N4/c1-3-9-11(15)12(18(2)17-9)16-10-6-7(13)4-5-8(10)14/h4-6,16H,3,15H2,1-2H3. The molecular weight excluding hydrogens is 271 g/mol. The maximum atomic E-state index is 6.10. The molecule has 0 aliphatic heterocycles. The number of halogens is 2. The van der Waals surface area contributed by atoms with Crippen LogP contribution in [0.5, 0.6) is 0 Å². The van der Waals surface area contributed by atoms with Gasteiger partial charge in [0.15, 0.2) is 5.82 Å². The van der Waals surface area contributed by atoms with Gasteiger partial charge in [0.25, 0.3) is 0 Å². The van der Waals surface area contributed by atoms with Crippen molar-refractivity contribution in [3.05, 3.63) is 33.9 Å². The topological polar surface area (TPSA) is 55.9 Å². The molecule has 0 aliphatic rings. The van der Waals surface area contributed by atoms with Crippen LogP contribution in [0.15, 0.2) is 18.2 Å². The Morgan fingerprint density at radius 3 is 2.72 bits per heavy atom. The number of nitrogens with one attached hydrogen (secondary N) is 1. The first-order valence-electron chi connectivity index (χ1n) is 5.56. The van der Waals surface area contributed by atoms with E-state index in [0.29, 0.717) is 21.4 Å². The minimum absolute atomic E-state index is 0.582. The van der Waals surface area contributed by atoms with Crippen LogP contribution in [0.2, 0.25) is 10.0 Å². The second-order valence-corrected chi connectivity index (χ2v) is 4.78. The molecule has 18 heavy (non-hydrogen) atoms. The van der Waals surface area contributed by atoms with E-state index in [1.807, 2.05) is 14.0 Å². The maximum absolute atomic E-state index is 6.10. The molecule has 1 aromatic carbocycles. The molecule has 0 saturated carbocycles. The van der Waals surface area contributed by atoms with Gasteiger partial charge in [0.05, 0.1) is 22.1 Å². The molecule has 3 N–H and O–H groups in total. The van der Waals surface area contributed by atoms with Gasteiger partial charge in [-0.15, -0.1) is 0 Å². The molecule has 4 nitrogen and oxygen atoms in total. The van der Waals surface area contributed by atoms with Crippen LogP contribution in [-0.2, 0) is 13.5 Å². The molecule has 0 bridgehead atoms. The lowest BCUT2D eigenvalue weighted by atomic mass is 10.2. The minimum Gasteiger partial charge on any atom is -0.394 e. The summed E-state index contributed by atoms with van der Waals surface area (Å²) in [5.41, 5.74) is 8.23. The highest BCUT2D eigenvalue weighted by atomic mass is 35.5. The maximum Gasteiger partial charge on any atom is 0.152 e. The third-order valence-corrected chi connectivity index (χ3v) is 3.24. The lowest BCUT2D eigenvalue weighted by Gasteiger charge is -2.09. The number of nitrogens with zero attached hydrogens (tertiary/aromatic N) is 2. The van der Waals surface area contributed by atoms with Crippen molar-refractivity contribution in [3.63, 3.8) is 0 Å². The van der Waals surface area contributed by atoms with Crippen molar-refractivity contribution in [2.45, 2.75) is 13.3 Å². The van der Waals surface area contributed by atoms with Gasteiger partial charge in [-0.2, -0.15) is 5.10 Å². The summed E-state index contributed by atoms with van der Waals surface area (Å²) in [4.78, 5) is 0. The van der Waals surface area contributed by atoms with Crippen LogP contribution in [0.4, 0.5) is 17.2 Å². The van der Waals surface area contributed by atoms with E-state index in [0.717, 1.165) is 17.9 Å². The van der Waals surface area contributed by atoms with Crippen molar-refractivity contribution >= 4 is 40.4 Å². The van der Waals surface area contributed by atoms with Crippen molar-refractivity contribution in [2.75, 3.05) is 11.1 Å². The first-order chi connectivity index (χ1) is 8.52. The molecule has 0 aliphatic carbocycles. The van der Waals surface area contributed by atoms with E-state index < -0.39 is 0 Å². The number of rotatable bonds is 3. The zero-order chi connectivity index (χ0) is 13.3. The van der Waals surface area contributed by atoms with E-state index in [1.54, 1.807) is 22.9 Å². The second-order valence-electron chi connectivity index (χ2n) is 3.94. The van der Waals surface area contributed by atoms with Gasteiger partial charge in [0.1, 0.15) is 0 Å². The lowest BCUT2D eigenvalue weighted by molar-refractivity contribution is 0.753. The number of nitrogens with two attached hydrogens (primary N) is 1. The summed E-state index contributed by atoms with van der Waals surface area (Å²) in [6, 6.07) is 5.22. The van der Waals surface area contributed by atoms with Crippen molar-refractivity contribution < 1.29 is 0 Å². The monoisotopic (exact) mass is 284 g/mol. The quantitative estimate of drug-likeness (QED) is 0.905.